The van der Waals surface area contributed by atoms with Gasteiger partial charge >= 0.3 is 5.97 Å². The summed E-state index contributed by atoms with van der Waals surface area (Å²) in [7, 11) is 1.36. The number of benzene rings is 1. The van der Waals surface area contributed by atoms with Crippen LogP contribution in [0.5, 0.6) is 0 Å². The summed E-state index contributed by atoms with van der Waals surface area (Å²) in [5.41, 5.74) is 7.43. The number of nitrogen functional groups attached to an aromatic ring is 1. The highest BCUT2D eigenvalue weighted by atomic mass is 32.1. The third kappa shape index (κ3) is 1.57. The van der Waals surface area contributed by atoms with Crippen molar-refractivity contribution in [2.45, 2.75) is 6.92 Å². The summed E-state index contributed by atoms with van der Waals surface area (Å²) in [6.45, 7) is 2.01. The van der Waals surface area contributed by atoms with E-state index in [1.165, 1.54) is 18.4 Å². The van der Waals surface area contributed by atoms with Gasteiger partial charge < -0.3 is 10.5 Å². The number of fused-ring (bicyclic) bond motifs is 1. The van der Waals surface area contributed by atoms with E-state index in [1.807, 2.05) is 25.1 Å². The first-order valence-corrected chi connectivity index (χ1v) is 5.32. The first-order chi connectivity index (χ1) is 7.13. The van der Waals surface area contributed by atoms with E-state index in [0.29, 0.717) is 10.6 Å². The molecular weight excluding hydrogens is 210 g/mol. The van der Waals surface area contributed by atoms with E-state index < -0.39 is 0 Å². The van der Waals surface area contributed by atoms with Crippen LogP contribution in [0.1, 0.15) is 15.9 Å². The average molecular weight is 221 g/mol. The lowest BCUT2D eigenvalue weighted by atomic mass is 10.1. The zero-order valence-corrected chi connectivity index (χ0v) is 9.35. The van der Waals surface area contributed by atoms with Crippen LogP contribution in [0.15, 0.2) is 18.2 Å². The van der Waals surface area contributed by atoms with Crippen molar-refractivity contribution in [1.29, 1.82) is 0 Å². The maximum absolute atomic E-state index is 11.5. The molecule has 0 aliphatic carbocycles. The SMILES string of the molecule is COC(=O)c1c(N)sc2cc(C)ccc12. The smallest absolute Gasteiger partial charge is 0.341 e. The minimum absolute atomic E-state index is 0.373. The van der Waals surface area contributed by atoms with Crippen molar-refractivity contribution in [2.75, 3.05) is 12.8 Å². The van der Waals surface area contributed by atoms with Gasteiger partial charge in [0, 0.05) is 10.1 Å². The molecule has 3 nitrogen and oxygen atoms in total. The van der Waals surface area contributed by atoms with Crippen molar-refractivity contribution in [3.63, 3.8) is 0 Å². The Hall–Kier alpha value is -1.55. The number of esters is 1. The van der Waals surface area contributed by atoms with Crippen LogP contribution in [0.3, 0.4) is 0 Å². The van der Waals surface area contributed by atoms with Crippen molar-refractivity contribution >= 4 is 32.4 Å². The lowest BCUT2D eigenvalue weighted by molar-refractivity contribution is 0.0604. The minimum Gasteiger partial charge on any atom is -0.465 e. The van der Waals surface area contributed by atoms with Gasteiger partial charge in [0.1, 0.15) is 10.6 Å². The Morgan fingerprint density at radius 3 is 2.87 bits per heavy atom. The Balaban J connectivity index is 2.73. The lowest BCUT2D eigenvalue weighted by Gasteiger charge is -1.98. The molecule has 4 heteroatoms. The second-order valence-corrected chi connectivity index (χ2v) is 4.42. The van der Waals surface area contributed by atoms with E-state index in [2.05, 4.69) is 0 Å². The summed E-state index contributed by atoms with van der Waals surface area (Å²) in [5, 5.41) is 1.39. The molecule has 0 saturated carbocycles. The van der Waals surface area contributed by atoms with E-state index in [9.17, 15) is 4.79 Å². The number of thiophene rings is 1. The Labute approximate surface area is 91.5 Å². The Bertz CT molecular complexity index is 531. The standard InChI is InChI=1S/C11H11NO2S/c1-6-3-4-7-8(5-6)15-10(12)9(7)11(13)14-2/h3-5H,12H2,1-2H3. The molecule has 1 heterocycles. The van der Waals surface area contributed by atoms with Gasteiger partial charge in [-0.2, -0.15) is 0 Å². The molecule has 0 atom stereocenters. The van der Waals surface area contributed by atoms with Gasteiger partial charge in [-0.15, -0.1) is 11.3 Å². The highest BCUT2D eigenvalue weighted by Gasteiger charge is 2.17. The molecule has 0 aliphatic rings. The average Bonchev–Trinajstić information content (AvgIpc) is 2.52. The van der Waals surface area contributed by atoms with E-state index in [-0.39, 0.29) is 5.97 Å². The van der Waals surface area contributed by atoms with E-state index in [0.717, 1.165) is 15.6 Å². The van der Waals surface area contributed by atoms with Gasteiger partial charge in [-0.05, 0) is 18.6 Å². The predicted molar refractivity (Wildman–Crippen MR) is 62.3 cm³/mol. The van der Waals surface area contributed by atoms with Gasteiger partial charge in [0.25, 0.3) is 0 Å². The van der Waals surface area contributed by atoms with Gasteiger partial charge in [0.2, 0.25) is 0 Å². The number of rotatable bonds is 1. The molecule has 1 aromatic heterocycles. The van der Waals surface area contributed by atoms with Gasteiger partial charge in [0.05, 0.1) is 7.11 Å². The van der Waals surface area contributed by atoms with Crippen LogP contribution >= 0.6 is 11.3 Å². The van der Waals surface area contributed by atoms with Crippen LogP contribution in [-0.2, 0) is 4.74 Å². The maximum Gasteiger partial charge on any atom is 0.341 e. The third-order valence-corrected chi connectivity index (χ3v) is 3.24. The van der Waals surface area contributed by atoms with Gasteiger partial charge in [-0.25, -0.2) is 4.79 Å². The summed E-state index contributed by atoms with van der Waals surface area (Å²) in [4.78, 5) is 11.5. The maximum atomic E-state index is 11.5. The van der Waals surface area contributed by atoms with Gasteiger partial charge in [0.15, 0.2) is 0 Å². The molecule has 0 aliphatic heterocycles. The van der Waals surface area contributed by atoms with Crippen LogP contribution in [-0.4, -0.2) is 13.1 Å². The molecule has 0 amide bonds. The Morgan fingerprint density at radius 1 is 1.47 bits per heavy atom. The quantitative estimate of drug-likeness (QED) is 0.753. The largest absolute Gasteiger partial charge is 0.465 e. The number of carbonyl (C=O) groups excluding carboxylic acids is 1. The zero-order valence-electron chi connectivity index (χ0n) is 8.53. The molecule has 78 valence electrons. The topological polar surface area (TPSA) is 52.3 Å². The number of ether oxygens (including phenoxy) is 1. The number of hydrogen-bond acceptors (Lipinski definition) is 4. The summed E-state index contributed by atoms with van der Waals surface area (Å²) < 4.78 is 5.72. The van der Waals surface area contributed by atoms with E-state index in [1.54, 1.807) is 0 Å². The molecule has 2 rings (SSSR count). The number of anilines is 1. The number of aryl methyl sites for hydroxylation is 1. The minimum atomic E-state index is -0.373. The highest BCUT2D eigenvalue weighted by Crippen LogP contribution is 2.34. The van der Waals surface area contributed by atoms with Crippen molar-refractivity contribution in [3.05, 3.63) is 29.3 Å². The second-order valence-electron chi connectivity index (χ2n) is 3.33. The van der Waals surface area contributed by atoms with Crippen LogP contribution < -0.4 is 5.73 Å². The fourth-order valence-electron chi connectivity index (χ4n) is 1.54. The summed E-state index contributed by atoms with van der Waals surface area (Å²) >= 11 is 1.41. The van der Waals surface area contributed by atoms with Crippen LogP contribution in [0.25, 0.3) is 10.1 Å². The molecule has 2 aromatic rings. The molecule has 0 saturated heterocycles. The molecule has 15 heavy (non-hydrogen) atoms. The monoisotopic (exact) mass is 221 g/mol. The third-order valence-electron chi connectivity index (χ3n) is 2.26. The first kappa shape index (κ1) is 9.98. The van der Waals surface area contributed by atoms with Gasteiger partial charge in [-0.1, -0.05) is 12.1 Å². The normalized spacial score (nSPS) is 10.5. The second kappa shape index (κ2) is 3.55. The van der Waals surface area contributed by atoms with Crippen LogP contribution in [0.2, 0.25) is 0 Å². The van der Waals surface area contributed by atoms with Crippen molar-refractivity contribution in [2.24, 2.45) is 0 Å². The number of nitrogens with two attached hydrogens (primary N) is 1. The van der Waals surface area contributed by atoms with Crippen molar-refractivity contribution < 1.29 is 9.53 Å². The Kier molecular flexibility index (Phi) is 2.36. The molecule has 0 unspecified atom stereocenters. The van der Waals surface area contributed by atoms with Crippen LogP contribution in [0, 0.1) is 6.92 Å². The highest BCUT2D eigenvalue weighted by molar-refractivity contribution is 7.23. The molecule has 0 spiro atoms. The lowest BCUT2D eigenvalue weighted by Crippen LogP contribution is -2.02. The Morgan fingerprint density at radius 2 is 2.20 bits per heavy atom. The van der Waals surface area contributed by atoms with E-state index >= 15 is 0 Å². The van der Waals surface area contributed by atoms with Crippen molar-refractivity contribution in [3.8, 4) is 0 Å². The molecule has 0 bridgehead atoms. The molecule has 0 radical (unpaired) electrons. The number of carbonyl (C=O) groups is 1. The molecule has 0 fully saturated rings. The predicted octanol–water partition coefficient (Wildman–Crippen LogP) is 2.58. The molecular formula is C11H11NO2S. The zero-order chi connectivity index (χ0) is 11.0. The van der Waals surface area contributed by atoms with Gasteiger partial charge in [-0.3, -0.25) is 0 Å². The fraction of sp³-hybridized carbons (Fsp3) is 0.182. The first-order valence-electron chi connectivity index (χ1n) is 4.50. The molecule has 1 aromatic carbocycles. The molecule has 2 N–H and O–H groups in total. The summed E-state index contributed by atoms with van der Waals surface area (Å²) in [6.07, 6.45) is 0. The fourth-order valence-corrected chi connectivity index (χ4v) is 2.59. The van der Waals surface area contributed by atoms with E-state index in [4.69, 9.17) is 10.5 Å². The number of methoxy groups -OCH3 is 1. The summed E-state index contributed by atoms with van der Waals surface area (Å²) in [5.74, 6) is -0.373. The number of hydrogen-bond donors (Lipinski definition) is 1. The summed E-state index contributed by atoms with van der Waals surface area (Å²) in [6, 6.07) is 5.88. The van der Waals surface area contributed by atoms with Crippen molar-refractivity contribution in [1.82, 2.24) is 0 Å². The van der Waals surface area contributed by atoms with Crippen LogP contribution in [0.4, 0.5) is 5.00 Å².